The minimum Gasteiger partial charge on any atom is -0.497 e. The van der Waals surface area contributed by atoms with Gasteiger partial charge in [-0.2, -0.15) is 0 Å². The summed E-state index contributed by atoms with van der Waals surface area (Å²) >= 11 is 0. The van der Waals surface area contributed by atoms with Gasteiger partial charge in [0.15, 0.2) is 0 Å². The minimum atomic E-state index is -0.790. The summed E-state index contributed by atoms with van der Waals surface area (Å²) < 4.78 is 5.09. The number of hydrogen-bond acceptors (Lipinski definition) is 3. The van der Waals surface area contributed by atoms with Crippen LogP contribution < -0.4 is 10.5 Å². The number of nitrogens with zero attached hydrogens (tertiary/aromatic N) is 1. The normalized spacial score (nSPS) is 13.8. The molecule has 0 aliphatic heterocycles. The Bertz CT molecular complexity index is 399. The fraction of sp³-hybridized carbons (Fsp3) is 0.500. The lowest BCUT2D eigenvalue weighted by atomic mass is 9.98. The summed E-state index contributed by atoms with van der Waals surface area (Å²) in [6, 6.07) is 7.66. The molecule has 0 heterocycles. The van der Waals surface area contributed by atoms with E-state index in [1.54, 1.807) is 26.0 Å². The molecule has 0 fully saturated rings. The van der Waals surface area contributed by atoms with E-state index < -0.39 is 5.54 Å². The first-order valence-electron chi connectivity index (χ1n) is 6.08. The van der Waals surface area contributed by atoms with E-state index in [-0.39, 0.29) is 5.91 Å². The van der Waals surface area contributed by atoms with Crippen LogP contribution in [0.5, 0.6) is 5.75 Å². The molecule has 0 spiro atoms. The number of amides is 1. The predicted molar refractivity (Wildman–Crippen MR) is 72.4 cm³/mol. The van der Waals surface area contributed by atoms with E-state index in [1.165, 1.54) is 0 Å². The molecule has 4 heteroatoms. The van der Waals surface area contributed by atoms with E-state index in [4.69, 9.17) is 10.5 Å². The van der Waals surface area contributed by atoms with E-state index in [2.05, 4.69) is 0 Å². The predicted octanol–water partition coefficient (Wildman–Crippen LogP) is 1.78. The van der Waals surface area contributed by atoms with E-state index >= 15 is 0 Å². The molecule has 0 aliphatic carbocycles. The van der Waals surface area contributed by atoms with Crippen LogP contribution in [0.4, 0.5) is 0 Å². The van der Waals surface area contributed by atoms with Crippen LogP contribution in [0.2, 0.25) is 0 Å². The number of nitrogens with two attached hydrogens (primary N) is 1. The van der Waals surface area contributed by atoms with Gasteiger partial charge in [0.05, 0.1) is 12.6 Å². The number of likely N-dealkylation sites (N-methyl/N-ethyl adjacent to an activating group) is 1. The first kappa shape index (κ1) is 14.5. The molecule has 100 valence electrons. The van der Waals surface area contributed by atoms with Crippen LogP contribution in [0.25, 0.3) is 0 Å². The van der Waals surface area contributed by atoms with Gasteiger partial charge in [-0.3, -0.25) is 4.79 Å². The SMILES string of the molecule is CCC(C)(N)C(=O)N(C)Cc1ccc(OC)cc1. The third kappa shape index (κ3) is 3.47. The quantitative estimate of drug-likeness (QED) is 0.866. The number of carbonyl (C=O) groups excluding carboxylic acids is 1. The zero-order valence-electron chi connectivity index (χ0n) is 11.6. The third-order valence-corrected chi connectivity index (χ3v) is 3.15. The summed E-state index contributed by atoms with van der Waals surface area (Å²) in [5.41, 5.74) is 6.21. The number of rotatable bonds is 5. The average Bonchev–Trinajstić information content (AvgIpc) is 2.38. The van der Waals surface area contributed by atoms with Gasteiger partial charge in [0.1, 0.15) is 5.75 Å². The second kappa shape index (κ2) is 5.87. The maximum atomic E-state index is 12.1. The Morgan fingerprint density at radius 2 is 1.94 bits per heavy atom. The molecule has 1 aromatic carbocycles. The summed E-state index contributed by atoms with van der Waals surface area (Å²) in [4.78, 5) is 13.8. The van der Waals surface area contributed by atoms with Crippen molar-refractivity contribution >= 4 is 5.91 Å². The van der Waals surface area contributed by atoms with Crippen molar-refractivity contribution in [3.63, 3.8) is 0 Å². The van der Waals surface area contributed by atoms with E-state index in [0.29, 0.717) is 13.0 Å². The van der Waals surface area contributed by atoms with Gasteiger partial charge < -0.3 is 15.4 Å². The fourth-order valence-electron chi connectivity index (χ4n) is 1.66. The summed E-state index contributed by atoms with van der Waals surface area (Å²) in [5, 5.41) is 0. The van der Waals surface area contributed by atoms with Gasteiger partial charge in [-0.15, -0.1) is 0 Å². The highest BCUT2D eigenvalue weighted by Gasteiger charge is 2.28. The van der Waals surface area contributed by atoms with Crippen molar-refractivity contribution in [3.05, 3.63) is 29.8 Å². The Kier molecular flexibility index (Phi) is 4.73. The monoisotopic (exact) mass is 250 g/mol. The number of ether oxygens (including phenoxy) is 1. The molecule has 18 heavy (non-hydrogen) atoms. The standard InChI is InChI=1S/C14H22N2O2/c1-5-14(2,15)13(17)16(3)10-11-6-8-12(18-4)9-7-11/h6-9H,5,10,15H2,1-4H3. The molecule has 0 radical (unpaired) electrons. The molecule has 4 nitrogen and oxygen atoms in total. The molecule has 1 unspecified atom stereocenters. The maximum absolute atomic E-state index is 12.1. The van der Waals surface area contributed by atoms with Crippen molar-refractivity contribution in [1.29, 1.82) is 0 Å². The largest absolute Gasteiger partial charge is 0.497 e. The van der Waals surface area contributed by atoms with Gasteiger partial charge in [0, 0.05) is 13.6 Å². The van der Waals surface area contributed by atoms with Crippen LogP contribution in [0, 0.1) is 0 Å². The van der Waals surface area contributed by atoms with Gasteiger partial charge in [-0.25, -0.2) is 0 Å². The first-order valence-corrected chi connectivity index (χ1v) is 6.08. The van der Waals surface area contributed by atoms with Gasteiger partial charge in [0.25, 0.3) is 0 Å². The fourth-order valence-corrected chi connectivity index (χ4v) is 1.66. The highest BCUT2D eigenvalue weighted by molar-refractivity contribution is 5.85. The number of benzene rings is 1. The van der Waals surface area contributed by atoms with Crippen molar-refractivity contribution in [3.8, 4) is 5.75 Å². The molecule has 0 saturated carbocycles. The van der Waals surface area contributed by atoms with Crippen molar-refractivity contribution in [2.45, 2.75) is 32.4 Å². The van der Waals surface area contributed by atoms with Crippen LogP contribution >= 0.6 is 0 Å². The van der Waals surface area contributed by atoms with Crippen LogP contribution in [0.1, 0.15) is 25.8 Å². The van der Waals surface area contributed by atoms with Crippen molar-refractivity contribution in [1.82, 2.24) is 4.90 Å². The van der Waals surface area contributed by atoms with Gasteiger partial charge in [-0.1, -0.05) is 19.1 Å². The van der Waals surface area contributed by atoms with Crippen LogP contribution in [0.3, 0.4) is 0 Å². The molecule has 0 bridgehead atoms. The number of hydrogen-bond donors (Lipinski definition) is 1. The molecule has 1 rings (SSSR count). The summed E-state index contributed by atoms with van der Waals surface area (Å²) in [6.45, 7) is 4.23. The Hall–Kier alpha value is -1.55. The highest BCUT2D eigenvalue weighted by atomic mass is 16.5. The van der Waals surface area contributed by atoms with Gasteiger partial charge in [0.2, 0.25) is 5.91 Å². The smallest absolute Gasteiger partial charge is 0.242 e. The average molecular weight is 250 g/mol. The summed E-state index contributed by atoms with van der Waals surface area (Å²) in [7, 11) is 3.40. The van der Waals surface area contributed by atoms with Crippen molar-refractivity contribution in [2.24, 2.45) is 5.73 Å². The minimum absolute atomic E-state index is 0.0409. The molecule has 0 aromatic heterocycles. The van der Waals surface area contributed by atoms with Crippen LogP contribution in [-0.4, -0.2) is 30.5 Å². The third-order valence-electron chi connectivity index (χ3n) is 3.15. The molecule has 1 atom stereocenters. The Labute approximate surface area is 109 Å². The lowest BCUT2D eigenvalue weighted by molar-refractivity contribution is -0.135. The van der Waals surface area contributed by atoms with Crippen molar-refractivity contribution < 1.29 is 9.53 Å². The van der Waals surface area contributed by atoms with E-state index in [9.17, 15) is 4.79 Å². The number of carbonyl (C=O) groups is 1. The number of methoxy groups -OCH3 is 1. The van der Waals surface area contributed by atoms with Gasteiger partial charge in [-0.05, 0) is 31.0 Å². The molecular weight excluding hydrogens is 228 g/mol. The maximum Gasteiger partial charge on any atom is 0.242 e. The summed E-state index contributed by atoms with van der Waals surface area (Å²) in [6.07, 6.45) is 0.624. The zero-order chi connectivity index (χ0) is 13.8. The molecule has 0 aliphatic rings. The van der Waals surface area contributed by atoms with Gasteiger partial charge >= 0.3 is 0 Å². The Morgan fingerprint density at radius 3 is 2.39 bits per heavy atom. The van der Waals surface area contributed by atoms with Crippen LogP contribution in [0.15, 0.2) is 24.3 Å². The molecule has 0 saturated heterocycles. The second-order valence-corrected chi connectivity index (χ2v) is 4.78. The zero-order valence-corrected chi connectivity index (χ0v) is 11.6. The van der Waals surface area contributed by atoms with Crippen molar-refractivity contribution in [2.75, 3.05) is 14.2 Å². The molecule has 2 N–H and O–H groups in total. The Balaban J connectivity index is 2.69. The Morgan fingerprint density at radius 1 is 1.39 bits per heavy atom. The molecule has 1 aromatic rings. The second-order valence-electron chi connectivity index (χ2n) is 4.78. The first-order chi connectivity index (χ1) is 8.40. The van der Waals surface area contributed by atoms with Crippen LogP contribution in [-0.2, 0) is 11.3 Å². The highest BCUT2D eigenvalue weighted by Crippen LogP contribution is 2.15. The molecular formula is C14H22N2O2. The summed E-state index contributed by atoms with van der Waals surface area (Å²) in [5.74, 6) is 0.769. The lowest BCUT2D eigenvalue weighted by Gasteiger charge is -2.28. The topological polar surface area (TPSA) is 55.6 Å². The molecule has 1 amide bonds. The van der Waals surface area contributed by atoms with E-state index in [1.807, 2.05) is 31.2 Å². The van der Waals surface area contributed by atoms with E-state index in [0.717, 1.165) is 11.3 Å². The lowest BCUT2D eigenvalue weighted by Crippen LogP contribution is -2.51.